The van der Waals surface area contributed by atoms with Gasteiger partial charge in [0.25, 0.3) is 0 Å². The monoisotopic (exact) mass is 135 g/mol. The molecule has 0 aromatic carbocycles. The summed E-state index contributed by atoms with van der Waals surface area (Å²) in [5.41, 5.74) is 0. The van der Waals surface area contributed by atoms with Crippen molar-refractivity contribution in [1.29, 1.82) is 0 Å². The van der Waals surface area contributed by atoms with Crippen molar-refractivity contribution in [3.63, 3.8) is 0 Å². The first-order valence-corrected chi connectivity index (χ1v) is 4.25. The van der Waals surface area contributed by atoms with Crippen molar-refractivity contribution in [1.82, 2.24) is 4.72 Å². The normalized spacial score (nSPS) is 14.5. The maximum Gasteiger partial charge on any atom is 0.0883 e. The molecule has 8 heavy (non-hydrogen) atoms. The van der Waals surface area contributed by atoms with Crippen molar-refractivity contribution in [3.8, 4) is 0 Å². The van der Waals surface area contributed by atoms with Gasteiger partial charge in [-0.2, -0.15) is 0 Å². The predicted molar refractivity (Wildman–Crippen MR) is 36.9 cm³/mol. The number of hydrogen-bond donors (Lipinski definition) is 1. The van der Waals surface area contributed by atoms with Crippen LogP contribution in [0.5, 0.6) is 0 Å². The Morgan fingerprint density at radius 3 is 2.25 bits per heavy atom. The van der Waals surface area contributed by atoms with Gasteiger partial charge in [0.05, 0.1) is 11.0 Å². The molecular formula is C5H13NOS. The van der Waals surface area contributed by atoms with Crippen LogP contribution in [0, 0.1) is 5.92 Å². The van der Waals surface area contributed by atoms with E-state index in [4.69, 9.17) is 0 Å². The molecule has 0 saturated heterocycles. The van der Waals surface area contributed by atoms with Gasteiger partial charge >= 0.3 is 0 Å². The molecular weight excluding hydrogens is 122 g/mol. The average molecular weight is 135 g/mol. The van der Waals surface area contributed by atoms with Gasteiger partial charge in [0, 0.05) is 12.8 Å². The van der Waals surface area contributed by atoms with E-state index in [2.05, 4.69) is 18.6 Å². The predicted octanol–water partition coefficient (Wildman–Crippen LogP) is 0.526. The first kappa shape index (κ1) is 8.11. The smallest absolute Gasteiger partial charge is 0.0883 e. The summed E-state index contributed by atoms with van der Waals surface area (Å²) in [4.78, 5) is 0. The summed E-state index contributed by atoms with van der Waals surface area (Å²) in [7, 11) is -0.836. The van der Waals surface area contributed by atoms with E-state index < -0.39 is 11.0 Å². The molecule has 1 atom stereocenters. The van der Waals surface area contributed by atoms with E-state index >= 15 is 0 Å². The molecule has 0 radical (unpaired) electrons. The van der Waals surface area contributed by atoms with Crippen molar-refractivity contribution in [2.24, 2.45) is 5.92 Å². The molecule has 0 aliphatic heterocycles. The Morgan fingerprint density at radius 1 is 1.62 bits per heavy atom. The van der Waals surface area contributed by atoms with E-state index in [0.717, 1.165) is 6.54 Å². The molecule has 50 valence electrons. The minimum atomic E-state index is -0.836. The second kappa shape index (κ2) is 4.04. The second-order valence-corrected chi connectivity index (χ2v) is 3.39. The van der Waals surface area contributed by atoms with Crippen LogP contribution in [0.25, 0.3) is 0 Å². The maximum absolute atomic E-state index is 10.3. The summed E-state index contributed by atoms with van der Waals surface area (Å²) >= 11 is 0. The van der Waals surface area contributed by atoms with Crippen LogP contribution in [0.2, 0.25) is 0 Å². The van der Waals surface area contributed by atoms with Gasteiger partial charge in [0.2, 0.25) is 0 Å². The van der Waals surface area contributed by atoms with Crippen LogP contribution >= 0.6 is 0 Å². The Morgan fingerprint density at radius 2 is 2.12 bits per heavy atom. The van der Waals surface area contributed by atoms with Gasteiger partial charge in [-0.3, -0.25) is 0 Å². The molecule has 0 aliphatic rings. The van der Waals surface area contributed by atoms with E-state index in [1.54, 1.807) is 6.26 Å². The van der Waals surface area contributed by atoms with E-state index in [-0.39, 0.29) is 0 Å². The molecule has 0 aromatic heterocycles. The topological polar surface area (TPSA) is 29.1 Å². The first-order chi connectivity index (χ1) is 3.63. The van der Waals surface area contributed by atoms with Gasteiger partial charge in [0.1, 0.15) is 0 Å². The quantitative estimate of drug-likeness (QED) is 0.600. The van der Waals surface area contributed by atoms with Crippen molar-refractivity contribution in [2.75, 3.05) is 12.8 Å². The summed E-state index contributed by atoms with van der Waals surface area (Å²) in [5, 5.41) is 0. The third kappa shape index (κ3) is 6.11. The molecule has 0 spiro atoms. The third-order valence-corrected chi connectivity index (χ3v) is 1.27. The van der Waals surface area contributed by atoms with Crippen molar-refractivity contribution in [3.05, 3.63) is 0 Å². The van der Waals surface area contributed by atoms with Crippen molar-refractivity contribution in [2.45, 2.75) is 13.8 Å². The summed E-state index contributed by atoms with van der Waals surface area (Å²) in [6, 6.07) is 0. The number of nitrogens with one attached hydrogen (secondary N) is 1. The van der Waals surface area contributed by atoms with Gasteiger partial charge in [0.15, 0.2) is 0 Å². The van der Waals surface area contributed by atoms with Crippen LogP contribution in [0.15, 0.2) is 0 Å². The Hall–Kier alpha value is 0.110. The Labute approximate surface area is 53.3 Å². The fraction of sp³-hybridized carbons (Fsp3) is 1.00. The molecule has 0 rings (SSSR count). The van der Waals surface area contributed by atoms with Gasteiger partial charge in [-0.05, 0) is 5.92 Å². The Kier molecular flexibility index (Phi) is 4.09. The molecule has 0 fully saturated rings. The van der Waals surface area contributed by atoms with Crippen LogP contribution < -0.4 is 4.72 Å². The van der Waals surface area contributed by atoms with E-state index in [9.17, 15) is 4.21 Å². The lowest BCUT2D eigenvalue weighted by molar-refractivity contribution is 0.619. The summed E-state index contributed by atoms with van der Waals surface area (Å²) in [6.07, 6.45) is 1.64. The van der Waals surface area contributed by atoms with Crippen LogP contribution in [0.3, 0.4) is 0 Å². The highest BCUT2D eigenvalue weighted by atomic mass is 32.2. The standard InChI is InChI=1S/C5H13NOS/c1-5(2)4-6-8(3)7/h5-6H,4H2,1-3H3/t8-/m1/s1. The molecule has 3 heteroatoms. The lowest BCUT2D eigenvalue weighted by Crippen LogP contribution is -2.20. The van der Waals surface area contributed by atoms with E-state index in [1.165, 1.54) is 0 Å². The van der Waals surface area contributed by atoms with Gasteiger partial charge < -0.3 is 0 Å². The molecule has 2 nitrogen and oxygen atoms in total. The first-order valence-electron chi connectivity index (χ1n) is 2.70. The highest BCUT2D eigenvalue weighted by Crippen LogP contribution is 1.86. The molecule has 0 aromatic rings. The summed E-state index contributed by atoms with van der Waals surface area (Å²) < 4.78 is 13.2. The fourth-order valence-electron chi connectivity index (χ4n) is 0.284. The molecule has 1 N–H and O–H groups in total. The lowest BCUT2D eigenvalue weighted by atomic mass is 10.2. The summed E-state index contributed by atoms with van der Waals surface area (Å²) in [5.74, 6) is 0.582. The lowest BCUT2D eigenvalue weighted by Gasteiger charge is -2.01. The van der Waals surface area contributed by atoms with Crippen molar-refractivity contribution >= 4 is 11.0 Å². The van der Waals surface area contributed by atoms with Gasteiger partial charge in [-0.25, -0.2) is 8.93 Å². The maximum atomic E-state index is 10.3. The average Bonchev–Trinajstić information content (AvgIpc) is 1.61. The Balaban J connectivity index is 3.05. The minimum absolute atomic E-state index is 0.582. The zero-order chi connectivity index (χ0) is 6.57. The second-order valence-electron chi connectivity index (χ2n) is 2.20. The zero-order valence-electron chi connectivity index (χ0n) is 5.60. The molecule has 0 unspecified atom stereocenters. The molecule has 0 heterocycles. The van der Waals surface area contributed by atoms with Crippen LogP contribution in [-0.4, -0.2) is 17.0 Å². The van der Waals surface area contributed by atoms with Crippen molar-refractivity contribution < 1.29 is 4.21 Å². The highest BCUT2D eigenvalue weighted by Gasteiger charge is 1.92. The van der Waals surface area contributed by atoms with Gasteiger partial charge in [-0.15, -0.1) is 0 Å². The van der Waals surface area contributed by atoms with E-state index in [0.29, 0.717) is 5.92 Å². The van der Waals surface area contributed by atoms with Crippen LogP contribution in [0.1, 0.15) is 13.8 Å². The zero-order valence-corrected chi connectivity index (χ0v) is 6.42. The Bertz CT molecular complexity index is 82.5. The van der Waals surface area contributed by atoms with E-state index in [1.807, 2.05) is 0 Å². The largest absolute Gasteiger partial charge is 0.243 e. The number of rotatable bonds is 3. The number of hydrogen-bond acceptors (Lipinski definition) is 1. The fourth-order valence-corrected chi connectivity index (χ4v) is 0.852. The highest BCUT2D eigenvalue weighted by molar-refractivity contribution is 7.82. The minimum Gasteiger partial charge on any atom is -0.243 e. The molecule has 0 bridgehead atoms. The summed E-state index contributed by atoms with van der Waals surface area (Å²) in [6.45, 7) is 5.00. The molecule has 0 aliphatic carbocycles. The van der Waals surface area contributed by atoms with Crippen LogP contribution in [-0.2, 0) is 11.0 Å². The van der Waals surface area contributed by atoms with Gasteiger partial charge in [-0.1, -0.05) is 13.8 Å². The van der Waals surface area contributed by atoms with Crippen LogP contribution in [0.4, 0.5) is 0 Å². The SMILES string of the molecule is CC(C)CN[S@@](C)=O. The molecule has 0 amide bonds. The third-order valence-electron chi connectivity index (χ3n) is 0.695. The molecule has 0 saturated carbocycles.